The highest BCUT2D eigenvalue weighted by Crippen LogP contribution is 2.28. The second kappa shape index (κ2) is 5.49. The number of benzene rings is 1. The zero-order valence-electron chi connectivity index (χ0n) is 10.1. The van der Waals surface area contributed by atoms with Crippen molar-refractivity contribution < 1.29 is 14.5 Å². The van der Waals surface area contributed by atoms with Gasteiger partial charge in [-0.05, 0) is 31.5 Å². The van der Waals surface area contributed by atoms with E-state index in [1.54, 1.807) is 6.92 Å². The summed E-state index contributed by atoms with van der Waals surface area (Å²) in [6, 6.07) is 3.76. The van der Waals surface area contributed by atoms with Crippen LogP contribution >= 0.6 is 15.9 Å². The first-order valence-corrected chi connectivity index (χ1v) is 6.22. The van der Waals surface area contributed by atoms with Crippen LogP contribution in [0.4, 0.5) is 0 Å². The molecule has 6 heteroatoms. The summed E-state index contributed by atoms with van der Waals surface area (Å²) >= 11 is 3.39. The van der Waals surface area contributed by atoms with Crippen LogP contribution in [0.1, 0.15) is 22.5 Å². The summed E-state index contributed by atoms with van der Waals surface area (Å²) in [5.41, 5.74) is 3.04. The molecule has 0 saturated carbocycles. The largest absolute Gasteiger partial charge is 0.486 e. The lowest BCUT2D eigenvalue weighted by Gasteiger charge is -2.12. The van der Waals surface area contributed by atoms with Crippen molar-refractivity contribution in [3.8, 4) is 5.75 Å². The van der Waals surface area contributed by atoms with E-state index < -0.39 is 0 Å². The van der Waals surface area contributed by atoms with Crippen LogP contribution in [-0.2, 0) is 13.2 Å². The molecule has 0 amide bonds. The third-order valence-corrected chi connectivity index (χ3v) is 3.04. The van der Waals surface area contributed by atoms with Gasteiger partial charge in [0, 0.05) is 10.0 Å². The first kappa shape index (κ1) is 13.0. The average Bonchev–Trinajstić information content (AvgIpc) is 2.73. The zero-order chi connectivity index (χ0) is 13.1. The average molecular weight is 313 g/mol. The van der Waals surface area contributed by atoms with Crippen molar-refractivity contribution in [1.82, 2.24) is 10.3 Å². The van der Waals surface area contributed by atoms with Gasteiger partial charge in [0.15, 0.2) is 0 Å². The predicted octanol–water partition coefficient (Wildman–Crippen LogP) is 2.52. The van der Waals surface area contributed by atoms with Crippen molar-refractivity contribution in [2.24, 2.45) is 0 Å². The van der Waals surface area contributed by atoms with E-state index >= 15 is 0 Å². The maximum absolute atomic E-state index is 9.33. The molecule has 0 bridgehead atoms. The van der Waals surface area contributed by atoms with Gasteiger partial charge < -0.3 is 9.84 Å². The molecule has 0 aliphatic rings. The first-order chi connectivity index (χ1) is 8.61. The molecule has 2 rings (SSSR count). The minimum absolute atomic E-state index is 0.0777. The fraction of sp³-hybridized carbons (Fsp3) is 0.333. The molecule has 5 nitrogen and oxygen atoms in total. The summed E-state index contributed by atoms with van der Waals surface area (Å²) in [4.78, 5) is 0. The van der Waals surface area contributed by atoms with E-state index in [2.05, 4.69) is 30.9 Å². The Morgan fingerprint density at radius 2 is 2.11 bits per heavy atom. The van der Waals surface area contributed by atoms with Crippen LogP contribution < -0.4 is 4.74 Å². The van der Waals surface area contributed by atoms with Crippen LogP contribution in [0, 0.1) is 13.8 Å². The molecule has 1 aromatic heterocycles. The molecule has 18 heavy (non-hydrogen) atoms. The van der Waals surface area contributed by atoms with E-state index in [1.165, 1.54) is 0 Å². The molecule has 0 radical (unpaired) electrons. The minimum Gasteiger partial charge on any atom is -0.486 e. The Labute approximate surface area is 113 Å². The van der Waals surface area contributed by atoms with Gasteiger partial charge in [-0.15, -0.1) is 0 Å². The summed E-state index contributed by atoms with van der Waals surface area (Å²) in [5, 5.41) is 16.8. The Morgan fingerprint density at radius 3 is 2.72 bits per heavy atom. The van der Waals surface area contributed by atoms with Gasteiger partial charge in [0.1, 0.15) is 23.7 Å². The molecule has 1 N–H and O–H groups in total. The molecule has 0 aliphatic heterocycles. The van der Waals surface area contributed by atoms with E-state index in [0.717, 1.165) is 15.6 Å². The summed E-state index contributed by atoms with van der Waals surface area (Å²) in [6.45, 7) is 3.92. The third kappa shape index (κ3) is 2.70. The van der Waals surface area contributed by atoms with E-state index in [4.69, 9.17) is 4.74 Å². The van der Waals surface area contributed by atoms with Crippen molar-refractivity contribution in [3.05, 3.63) is 39.1 Å². The highest BCUT2D eigenvalue weighted by atomic mass is 79.9. The van der Waals surface area contributed by atoms with E-state index in [9.17, 15) is 5.11 Å². The highest BCUT2D eigenvalue weighted by molar-refractivity contribution is 9.10. The van der Waals surface area contributed by atoms with E-state index in [1.807, 2.05) is 19.1 Å². The fourth-order valence-electron chi connectivity index (χ4n) is 1.64. The normalized spacial score (nSPS) is 10.7. The van der Waals surface area contributed by atoms with Crippen molar-refractivity contribution >= 4 is 15.9 Å². The molecular formula is C12H13BrN2O3. The highest BCUT2D eigenvalue weighted by Gasteiger charge is 2.11. The maximum Gasteiger partial charge on any atom is 0.145 e. The summed E-state index contributed by atoms with van der Waals surface area (Å²) in [6.07, 6.45) is 0. The number of ether oxygens (including phenoxy) is 1. The maximum atomic E-state index is 9.33. The first-order valence-electron chi connectivity index (χ1n) is 5.42. The van der Waals surface area contributed by atoms with Gasteiger partial charge in [-0.1, -0.05) is 26.2 Å². The molecule has 0 atom stereocenters. The molecule has 0 fully saturated rings. The molecule has 0 unspecified atom stereocenters. The van der Waals surface area contributed by atoms with Crippen LogP contribution in [0.15, 0.2) is 21.2 Å². The topological polar surface area (TPSA) is 68.4 Å². The number of aromatic nitrogens is 2. The van der Waals surface area contributed by atoms with Crippen LogP contribution in [0.2, 0.25) is 0 Å². The SMILES string of the molecule is Cc1cc(Br)cc(CO)c1OCc1nonc1C. The summed E-state index contributed by atoms with van der Waals surface area (Å²) in [5.74, 6) is 0.670. The van der Waals surface area contributed by atoms with Crippen LogP contribution in [0.5, 0.6) is 5.75 Å². The monoisotopic (exact) mass is 312 g/mol. The Hall–Kier alpha value is -1.40. The van der Waals surface area contributed by atoms with E-state index in [-0.39, 0.29) is 13.2 Å². The predicted molar refractivity (Wildman–Crippen MR) is 68.2 cm³/mol. The van der Waals surface area contributed by atoms with Crippen molar-refractivity contribution in [2.75, 3.05) is 0 Å². The number of nitrogens with zero attached hydrogens (tertiary/aromatic N) is 2. The Kier molecular flexibility index (Phi) is 3.98. The third-order valence-electron chi connectivity index (χ3n) is 2.59. The number of aliphatic hydroxyl groups excluding tert-OH is 1. The van der Waals surface area contributed by atoms with Gasteiger partial charge in [-0.3, -0.25) is 0 Å². The zero-order valence-corrected chi connectivity index (χ0v) is 11.7. The van der Waals surface area contributed by atoms with Crippen molar-refractivity contribution in [2.45, 2.75) is 27.1 Å². The van der Waals surface area contributed by atoms with E-state index in [0.29, 0.717) is 17.1 Å². The Morgan fingerprint density at radius 1 is 1.33 bits per heavy atom. The second-order valence-corrected chi connectivity index (χ2v) is 4.87. The van der Waals surface area contributed by atoms with Crippen LogP contribution in [-0.4, -0.2) is 15.4 Å². The number of halogens is 1. The van der Waals surface area contributed by atoms with Crippen LogP contribution in [0.25, 0.3) is 0 Å². The molecule has 1 aromatic carbocycles. The molecular weight excluding hydrogens is 300 g/mol. The fourth-order valence-corrected chi connectivity index (χ4v) is 2.26. The van der Waals surface area contributed by atoms with Crippen LogP contribution in [0.3, 0.4) is 0 Å². The number of aliphatic hydroxyl groups is 1. The minimum atomic E-state index is -0.0777. The van der Waals surface area contributed by atoms with Gasteiger partial charge in [-0.2, -0.15) is 0 Å². The van der Waals surface area contributed by atoms with Gasteiger partial charge in [-0.25, -0.2) is 4.63 Å². The number of aryl methyl sites for hydroxylation is 2. The second-order valence-electron chi connectivity index (χ2n) is 3.95. The summed E-state index contributed by atoms with van der Waals surface area (Å²) < 4.78 is 11.2. The molecule has 0 aliphatic carbocycles. The number of hydrogen-bond donors (Lipinski definition) is 1. The van der Waals surface area contributed by atoms with Gasteiger partial charge in [0.25, 0.3) is 0 Å². The molecule has 0 saturated heterocycles. The Balaban J connectivity index is 2.21. The molecule has 1 heterocycles. The number of hydrogen-bond acceptors (Lipinski definition) is 5. The smallest absolute Gasteiger partial charge is 0.145 e. The molecule has 2 aromatic rings. The van der Waals surface area contributed by atoms with Gasteiger partial charge in [0.05, 0.1) is 6.61 Å². The van der Waals surface area contributed by atoms with Gasteiger partial charge >= 0.3 is 0 Å². The van der Waals surface area contributed by atoms with Crippen molar-refractivity contribution in [3.63, 3.8) is 0 Å². The Bertz CT molecular complexity index is 554. The lowest BCUT2D eigenvalue weighted by atomic mass is 10.1. The number of rotatable bonds is 4. The molecule has 0 spiro atoms. The standard InChI is InChI=1S/C12H13BrN2O3/c1-7-3-10(13)4-9(5-16)12(7)17-6-11-8(2)14-18-15-11/h3-4,16H,5-6H2,1-2H3. The summed E-state index contributed by atoms with van der Waals surface area (Å²) in [7, 11) is 0. The van der Waals surface area contributed by atoms with Gasteiger partial charge in [0.2, 0.25) is 0 Å². The quantitative estimate of drug-likeness (QED) is 0.939. The lowest BCUT2D eigenvalue weighted by Crippen LogP contribution is -2.02. The van der Waals surface area contributed by atoms with Crippen molar-refractivity contribution in [1.29, 1.82) is 0 Å². The molecule has 96 valence electrons. The lowest BCUT2D eigenvalue weighted by molar-refractivity contribution is 0.248.